The van der Waals surface area contributed by atoms with E-state index in [1.54, 1.807) is 0 Å². The summed E-state index contributed by atoms with van der Waals surface area (Å²) in [7, 11) is 0. The zero-order chi connectivity index (χ0) is 15.1. The summed E-state index contributed by atoms with van der Waals surface area (Å²) in [5.74, 6) is 0.654. The Morgan fingerprint density at radius 2 is 1.77 bits per heavy atom. The van der Waals surface area contributed by atoms with Crippen LogP contribution in [-0.4, -0.2) is 4.98 Å². The van der Waals surface area contributed by atoms with Crippen LogP contribution in [0.15, 0.2) is 48.5 Å². The highest BCUT2D eigenvalue weighted by molar-refractivity contribution is 9.08. The van der Waals surface area contributed by atoms with Gasteiger partial charge in [-0.05, 0) is 42.5 Å². The van der Waals surface area contributed by atoms with Gasteiger partial charge in [0.2, 0.25) is 0 Å². The van der Waals surface area contributed by atoms with Crippen LogP contribution in [0.5, 0.6) is 0 Å². The minimum Gasteiger partial charge on any atom is -0.252 e. The van der Waals surface area contributed by atoms with Gasteiger partial charge in [-0.3, -0.25) is 4.98 Å². The third-order valence-electron chi connectivity index (χ3n) is 4.46. The fourth-order valence-electron chi connectivity index (χ4n) is 3.15. The van der Waals surface area contributed by atoms with E-state index in [0.717, 1.165) is 10.8 Å². The third-order valence-corrected chi connectivity index (χ3v) is 5.02. The van der Waals surface area contributed by atoms with E-state index in [0.29, 0.717) is 5.92 Å². The van der Waals surface area contributed by atoms with Gasteiger partial charge in [0.1, 0.15) is 0 Å². The topological polar surface area (TPSA) is 12.9 Å². The summed E-state index contributed by atoms with van der Waals surface area (Å²) < 4.78 is 0. The average Bonchev–Trinajstić information content (AvgIpc) is 3.39. The van der Waals surface area contributed by atoms with E-state index in [1.165, 1.54) is 46.2 Å². The van der Waals surface area contributed by atoms with Crippen molar-refractivity contribution in [3.05, 3.63) is 65.4 Å². The number of aryl methyl sites for hydroxylation is 1. The summed E-state index contributed by atoms with van der Waals surface area (Å²) >= 11 is 3.71. The van der Waals surface area contributed by atoms with E-state index in [2.05, 4.69) is 71.4 Å². The molecule has 0 atom stereocenters. The maximum Gasteiger partial charge on any atom is 0.0711 e. The number of hydrogen-bond donors (Lipinski definition) is 0. The first-order valence-corrected chi connectivity index (χ1v) is 8.94. The smallest absolute Gasteiger partial charge is 0.0711 e. The summed E-state index contributed by atoms with van der Waals surface area (Å²) in [5.41, 5.74) is 7.72. The summed E-state index contributed by atoms with van der Waals surface area (Å²) in [4.78, 5) is 4.98. The Kier molecular flexibility index (Phi) is 3.50. The van der Waals surface area contributed by atoms with Crippen molar-refractivity contribution in [1.29, 1.82) is 0 Å². The van der Waals surface area contributed by atoms with Crippen LogP contribution in [0.2, 0.25) is 0 Å². The predicted molar refractivity (Wildman–Crippen MR) is 96.5 cm³/mol. The van der Waals surface area contributed by atoms with Crippen molar-refractivity contribution in [2.24, 2.45) is 0 Å². The van der Waals surface area contributed by atoms with Crippen molar-refractivity contribution >= 4 is 26.8 Å². The molecule has 0 spiro atoms. The third kappa shape index (κ3) is 2.36. The molecule has 0 amide bonds. The van der Waals surface area contributed by atoms with Crippen LogP contribution >= 0.6 is 15.9 Å². The highest BCUT2D eigenvalue weighted by Crippen LogP contribution is 2.45. The van der Waals surface area contributed by atoms with E-state index < -0.39 is 0 Å². The van der Waals surface area contributed by atoms with E-state index in [4.69, 9.17) is 4.98 Å². The van der Waals surface area contributed by atoms with E-state index in [1.807, 2.05) is 0 Å². The van der Waals surface area contributed by atoms with Crippen LogP contribution < -0.4 is 0 Å². The first kappa shape index (κ1) is 14.0. The van der Waals surface area contributed by atoms with Gasteiger partial charge >= 0.3 is 0 Å². The molecule has 1 aliphatic carbocycles. The number of alkyl halides is 1. The highest BCUT2D eigenvalue weighted by atomic mass is 79.9. The predicted octanol–water partition coefficient (Wildman–Crippen LogP) is 5.98. The maximum absolute atomic E-state index is 4.98. The SMILES string of the molecule is Cc1ccc(-c2c(CBr)c(C3CC3)nc3ccccc23)cc1. The second-order valence-electron chi connectivity index (χ2n) is 6.14. The molecule has 2 heteroatoms. The molecule has 1 aliphatic rings. The maximum atomic E-state index is 4.98. The Hall–Kier alpha value is -1.67. The number of nitrogens with zero attached hydrogens (tertiary/aromatic N) is 1. The summed E-state index contributed by atoms with van der Waals surface area (Å²) in [6.45, 7) is 2.13. The molecule has 0 unspecified atom stereocenters. The van der Waals surface area contributed by atoms with Gasteiger partial charge in [0.05, 0.1) is 5.52 Å². The zero-order valence-electron chi connectivity index (χ0n) is 12.6. The number of aromatic nitrogens is 1. The molecular formula is C20H18BrN. The number of rotatable bonds is 3. The van der Waals surface area contributed by atoms with Crippen molar-refractivity contribution in [3.63, 3.8) is 0 Å². The zero-order valence-corrected chi connectivity index (χ0v) is 14.2. The van der Waals surface area contributed by atoms with Crippen LogP contribution in [0.1, 0.15) is 35.6 Å². The number of benzene rings is 2. The van der Waals surface area contributed by atoms with Gasteiger partial charge < -0.3 is 0 Å². The molecule has 0 N–H and O–H groups in total. The molecule has 1 nitrogen and oxygen atoms in total. The number of para-hydroxylation sites is 1. The molecule has 110 valence electrons. The van der Waals surface area contributed by atoms with Crippen molar-refractivity contribution in [2.45, 2.75) is 31.0 Å². The summed E-state index contributed by atoms with van der Waals surface area (Å²) in [6.07, 6.45) is 2.55. The largest absolute Gasteiger partial charge is 0.252 e. The van der Waals surface area contributed by atoms with Crippen LogP contribution in [0, 0.1) is 6.92 Å². The van der Waals surface area contributed by atoms with Gasteiger partial charge in [0.25, 0.3) is 0 Å². The Morgan fingerprint density at radius 3 is 2.45 bits per heavy atom. The minimum absolute atomic E-state index is 0.654. The Labute approximate surface area is 139 Å². The quantitative estimate of drug-likeness (QED) is 0.528. The normalized spacial score (nSPS) is 14.5. The lowest BCUT2D eigenvalue weighted by atomic mass is 9.93. The lowest BCUT2D eigenvalue weighted by molar-refractivity contribution is 1.01. The lowest BCUT2D eigenvalue weighted by Crippen LogP contribution is -1.99. The molecule has 3 aromatic rings. The van der Waals surface area contributed by atoms with Crippen LogP contribution in [-0.2, 0) is 5.33 Å². The molecule has 1 heterocycles. The second-order valence-corrected chi connectivity index (χ2v) is 6.70. The van der Waals surface area contributed by atoms with Crippen LogP contribution in [0.3, 0.4) is 0 Å². The van der Waals surface area contributed by atoms with E-state index >= 15 is 0 Å². The van der Waals surface area contributed by atoms with Gasteiger partial charge in [-0.25, -0.2) is 0 Å². The molecule has 0 radical (unpaired) electrons. The molecule has 2 aromatic carbocycles. The molecule has 1 aromatic heterocycles. The molecular weight excluding hydrogens is 334 g/mol. The van der Waals surface area contributed by atoms with Crippen LogP contribution in [0.4, 0.5) is 0 Å². The summed E-state index contributed by atoms with van der Waals surface area (Å²) in [5, 5.41) is 2.12. The Morgan fingerprint density at radius 1 is 1.05 bits per heavy atom. The molecule has 22 heavy (non-hydrogen) atoms. The van der Waals surface area contributed by atoms with Gasteiger partial charge in [0.15, 0.2) is 0 Å². The molecule has 1 saturated carbocycles. The van der Waals surface area contributed by atoms with E-state index in [-0.39, 0.29) is 0 Å². The Bertz CT molecular complexity index is 832. The lowest BCUT2D eigenvalue weighted by Gasteiger charge is -2.16. The van der Waals surface area contributed by atoms with Crippen molar-refractivity contribution < 1.29 is 0 Å². The molecule has 4 rings (SSSR count). The van der Waals surface area contributed by atoms with E-state index in [9.17, 15) is 0 Å². The van der Waals surface area contributed by atoms with Crippen molar-refractivity contribution in [2.75, 3.05) is 0 Å². The monoisotopic (exact) mass is 351 g/mol. The average molecular weight is 352 g/mol. The first-order valence-electron chi connectivity index (χ1n) is 7.82. The van der Waals surface area contributed by atoms with Gasteiger partial charge in [0, 0.05) is 22.3 Å². The fourth-order valence-corrected chi connectivity index (χ4v) is 3.72. The first-order chi connectivity index (χ1) is 10.8. The Balaban J connectivity index is 2.06. The summed E-state index contributed by atoms with van der Waals surface area (Å²) in [6, 6.07) is 17.4. The van der Waals surface area contributed by atoms with Crippen LogP contribution in [0.25, 0.3) is 22.0 Å². The molecule has 0 bridgehead atoms. The van der Waals surface area contributed by atoms with Gasteiger partial charge in [-0.1, -0.05) is 64.0 Å². The minimum atomic E-state index is 0.654. The van der Waals surface area contributed by atoms with Gasteiger partial charge in [-0.2, -0.15) is 0 Å². The number of hydrogen-bond acceptors (Lipinski definition) is 1. The molecule has 0 saturated heterocycles. The second kappa shape index (κ2) is 5.51. The number of halogens is 1. The number of fused-ring (bicyclic) bond motifs is 1. The van der Waals surface area contributed by atoms with Crippen molar-refractivity contribution in [1.82, 2.24) is 4.98 Å². The molecule has 1 fully saturated rings. The highest BCUT2D eigenvalue weighted by Gasteiger charge is 2.29. The van der Waals surface area contributed by atoms with Crippen molar-refractivity contribution in [3.8, 4) is 11.1 Å². The molecule has 0 aliphatic heterocycles. The van der Waals surface area contributed by atoms with Gasteiger partial charge in [-0.15, -0.1) is 0 Å². The fraction of sp³-hybridized carbons (Fsp3) is 0.250. The standard InChI is InChI=1S/C20H18BrN/c1-13-6-8-14(9-7-13)19-16-4-2-3-5-18(16)22-20(15-10-11-15)17(19)12-21/h2-9,15H,10-12H2,1H3. The number of pyridine rings is 1.